The summed E-state index contributed by atoms with van der Waals surface area (Å²) in [7, 11) is 4.99. The van der Waals surface area contributed by atoms with Gasteiger partial charge in [-0.1, -0.05) is 0 Å². The Labute approximate surface area is 125 Å². The summed E-state index contributed by atoms with van der Waals surface area (Å²) in [6, 6.07) is 5.11. The molecule has 0 fully saturated rings. The van der Waals surface area contributed by atoms with E-state index in [2.05, 4.69) is 10.6 Å². The van der Waals surface area contributed by atoms with Gasteiger partial charge in [-0.05, 0) is 32.0 Å². The van der Waals surface area contributed by atoms with Crippen LogP contribution in [0, 0.1) is 5.41 Å². The molecule has 0 aliphatic rings. The van der Waals surface area contributed by atoms with Crippen molar-refractivity contribution in [3.8, 4) is 0 Å². The number of carbonyl (C=O) groups excluding carboxylic acids is 2. The fourth-order valence-electron chi connectivity index (χ4n) is 1.85. The Bertz CT molecular complexity index is 538. The predicted molar refractivity (Wildman–Crippen MR) is 85.2 cm³/mol. The fraction of sp³-hybridized carbons (Fsp3) is 0.467. The molecular formula is C15H24N4O2. The third-order valence-electron chi connectivity index (χ3n) is 3.27. The average molecular weight is 292 g/mol. The molecule has 1 aromatic carbocycles. The maximum Gasteiger partial charge on any atom is 0.253 e. The normalized spacial score (nSPS) is 10.9. The SMILES string of the molecule is CNC(=O)C(C)(C)CNc1ccc(C(=O)N(C)C)cc1N. The molecule has 0 radical (unpaired) electrons. The molecule has 1 rings (SSSR count). The van der Waals surface area contributed by atoms with Crippen molar-refractivity contribution in [2.75, 3.05) is 38.7 Å². The second kappa shape index (κ2) is 6.47. The molecule has 21 heavy (non-hydrogen) atoms. The maximum atomic E-state index is 11.9. The Morgan fingerprint density at radius 3 is 2.38 bits per heavy atom. The lowest BCUT2D eigenvalue weighted by molar-refractivity contribution is -0.128. The predicted octanol–water partition coefficient (Wildman–Crippen LogP) is 1.15. The summed E-state index contributed by atoms with van der Waals surface area (Å²) in [6.07, 6.45) is 0. The highest BCUT2D eigenvalue weighted by atomic mass is 16.2. The van der Waals surface area contributed by atoms with E-state index in [1.807, 2.05) is 13.8 Å². The van der Waals surface area contributed by atoms with Gasteiger partial charge >= 0.3 is 0 Å². The summed E-state index contributed by atoms with van der Waals surface area (Å²) in [5.41, 5.74) is 7.14. The van der Waals surface area contributed by atoms with Crippen molar-refractivity contribution in [3.63, 3.8) is 0 Å². The molecule has 6 nitrogen and oxygen atoms in total. The summed E-state index contributed by atoms with van der Waals surface area (Å²) in [5.74, 6) is -0.146. The first-order valence-corrected chi connectivity index (χ1v) is 6.76. The number of nitrogens with two attached hydrogens (primary N) is 1. The zero-order valence-electron chi connectivity index (χ0n) is 13.3. The molecule has 0 heterocycles. The van der Waals surface area contributed by atoms with Gasteiger partial charge in [-0.2, -0.15) is 0 Å². The highest BCUT2D eigenvalue weighted by molar-refractivity contribution is 5.95. The Kier molecular flexibility index (Phi) is 5.18. The smallest absolute Gasteiger partial charge is 0.253 e. The summed E-state index contributed by atoms with van der Waals surface area (Å²) >= 11 is 0. The number of hydrogen-bond acceptors (Lipinski definition) is 4. The van der Waals surface area contributed by atoms with E-state index in [0.717, 1.165) is 0 Å². The number of hydrogen-bond donors (Lipinski definition) is 3. The Morgan fingerprint density at radius 2 is 1.90 bits per heavy atom. The lowest BCUT2D eigenvalue weighted by Gasteiger charge is -2.24. The Balaban J connectivity index is 2.83. The van der Waals surface area contributed by atoms with Crippen molar-refractivity contribution in [2.45, 2.75) is 13.8 Å². The molecule has 0 atom stereocenters. The van der Waals surface area contributed by atoms with Crippen molar-refractivity contribution < 1.29 is 9.59 Å². The second-order valence-corrected chi connectivity index (χ2v) is 5.82. The molecule has 6 heteroatoms. The molecule has 0 saturated heterocycles. The minimum absolute atomic E-state index is 0.0482. The summed E-state index contributed by atoms with van der Waals surface area (Å²) < 4.78 is 0. The molecule has 116 valence electrons. The van der Waals surface area contributed by atoms with Gasteiger partial charge in [0.05, 0.1) is 16.8 Å². The van der Waals surface area contributed by atoms with Crippen LogP contribution in [-0.2, 0) is 4.79 Å². The molecule has 0 saturated carbocycles. The monoisotopic (exact) mass is 292 g/mol. The molecule has 0 bridgehead atoms. The summed E-state index contributed by atoms with van der Waals surface area (Å²) in [6.45, 7) is 4.13. The minimum Gasteiger partial charge on any atom is -0.397 e. The zero-order chi connectivity index (χ0) is 16.2. The van der Waals surface area contributed by atoms with Crippen LogP contribution in [0.15, 0.2) is 18.2 Å². The van der Waals surface area contributed by atoms with Crippen molar-refractivity contribution in [1.29, 1.82) is 0 Å². The van der Waals surface area contributed by atoms with Crippen molar-refractivity contribution >= 4 is 23.2 Å². The van der Waals surface area contributed by atoms with Gasteiger partial charge in [0.25, 0.3) is 5.91 Å². The summed E-state index contributed by atoms with van der Waals surface area (Å²) in [5, 5.41) is 5.79. The number of carbonyl (C=O) groups is 2. The number of amides is 2. The van der Waals surface area contributed by atoms with E-state index in [0.29, 0.717) is 23.5 Å². The lowest BCUT2D eigenvalue weighted by atomic mass is 9.92. The third-order valence-corrected chi connectivity index (χ3v) is 3.27. The standard InChI is InChI=1S/C15H24N4O2/c1-15(2,14(21)17-3)9-18-12-7-6-10(8-11(12)16)13(20)19(4)5/h6-8,18H,9,16H2,1-5H3,(H,17,21). The van der Waals surface area contributed by atoms with E-state index in [9.17, 15) is 9.59 Å². The number of benzene rings is 1. The van der Waals surface area contributed by atoms with Gasteiger partial charge in [-0.3, -0.25) is 9.59 Å². The molecule has 2 amide bonds. The van der Waals surface area contributed by atoms with E-state index < -0.39 is 5.41 Å². The van der Waals surface area contributed by atoms with E-state index in [1.54, 1.807) is 39.3 Å². The van der Waals surface area contributed by atoms with Gasteiger partial charge in [0.1, 0.15) is 0 Å². The quantitative estimate of drug-likeness (QED) is 0.711. The molecule has 0 spiro atoms. The number of rotatable bonds is 5. The molecule has 0 aliphatic heterocycles. The topological polar surface area (TPSA) is 87.5 Å². The number of nitrogens with zero attached hydrogens (tertiary/aromatic N) is 1. The largest absolute Gasteiger partial charge is 0.397 e. The highest BCUT2D eigenvalue weighted by Gasteiger charge is 2.26. The summed E-state index contributed by atoms with van der Waals surface area (Å²) in [4.78, 5) is 25.1. The number of nitrogen functional groups attached to an aromatic ring is 1. The van der Waals surface area contributed by atoms with Gasteiger partial charge in [0, 0.05) is 33.3 Å². The first-order valence-electron chi connectivity index (χ1n) is 6.76. The van der Waals surface area contributed by atoms with Crippen molar-refractivity contribution in [2.24, 2.45) is 5.41 Å². The van der Waals surface area contributed by atoms with Crippen LogP contribution in [0.1, 0.15) is 24.2 Å². The van der Waals surface area contributed by atoms with E-state index in [1.165, 1.54) is 4.90 Å². The number of nitrogens with one attached hydrogen (secondary N) is 2. The van der Waals surface area contributed by atoms with Gasteiger partial charge < -0.3 is 21.3 Å². The molecule has 0 aliphatic carbocycles. The average Bonchev–Trinajstić information content (AvgIpc) is 2.43. The Morgan fingerprint density at radius 1 is 1.29 bits per heavy atom. The highest BCUT2D eigenvalue weighted by Crippen LogP contribution is 2.23. The van der Waals surface area contributed by atoms with Crippen LogP contribution in [0.25, 0.3) is 0 Å². The zero-order valence-corrected chi connectivity index (χ0v) is 13.3. The van der Waals surface area contributed by atoms with Gasteiger partial charge in [-0.15, -0.1) is 0 Å². The molecule has 1 aromatic rings. The second-order valence-electron chi connectivity index (χ2n) is 5.82. The first-order chi connectivity index (χ1) is 9.69. The van der Waals surface area contributed by atoms with E-state index in [-0.39, 0.29) is 11.8 Å². The van der Waals surface area contributed by atoms with E-state index in [4.69, 9.17) is 5.73 Å². The van der Waals surface area contributed by atoms with Gasteiger partial charge in [0.2, 0.25) is 5.91 Å². The minimum atomic E-state index is -0.556. The van der Waals surface area contributed by atoms with E-state index >= 15 is 0 Å². The third kappa shape index (κ3) is 4.11. The van der Waals surface area contributed by atoms with Crippen LogP contribution < -0.4 is 16.4 Å². The van der Waals surface area contributed by atoms with Crippen LogP contribution >= 0.6 is 0 Å². The van der Waals surface area contributed by atoms with Crippen LogP contribution in [-0.4, -0.2) is 44.4 Å². The molecular weight excluding hydrogens is 268 g/mol. The lowest BCUT2D eigenvalue weighted by Crippen LogP contribution is -2.39. The van der Waals surface area contributed by atoms with Crippen LogP contribution in [0.5, 0.6) is 0 Å². The Hall–Kier alpha value is -2.24. The van der Waals surface area contributed by atoms with Gasteiger partial charge in [-0.25, -0.2) is 0 Å². The maximum absolute atomic E-state index is 11.9. The number of anilines is 2. The molecule has 0 aromatic heterocycles. The molecule has 4 N–H and O–H groups in total. The van der Waals surface area contributed by atoms with Crippen molar-refractivity contribution in [3.05, 3.63) is 23.8 Å². The first kappa shape index (κ1) is 16.8. The van der Waals surface area contributed by atoms with Crippen LogP contribution in [0.3, 0.4) is 0 Å². The molecule has 0 unspecified atom stereocenters. The van der Waals surface area contributed by atoms with Crippen molar-refractivity contribution in [1.82, 2.24) is 10.2 Å². The van der Waals surface area contributed by atoms with Crippen LogP contribution in [0.4, 0.5) is 11.4 Å². The van der Waals surface area contributed by atoms with Crippen LogP contribution in [0.2, 0.25) is 0 Å². The fourth-order valence-corrected chi connectivity index (χ4v) is 1.85. The van der Waals surface area contributed by atoms with Gasteiger partial charge in [0.15, 0.2) is 0 Å².